The van der Waals surface area contributed by atoms with Crippen LogP contribution < -0.4 is 5.32 Å². The third kappa shape index (κ3) is 6.15. The summed E-state index contributed by atoms with van der Waals surface area (Å²) in [5, 5.41) is 24.3. The molecule has 0 spiro atoms. The van der Waals surface area contributed by atoms with Gasteiger partial charge in [0.15, 0.2) is 11.5 Å². The fourth-order valence-corrected chi connectivity index (χ4v) is 8.49. The molecule has 41 heavy (non-hydrogen) atoms. The summed E-state index contributed by atoms with van der Waals surface area (Å²) in [6, 6.07) is 7.83. The van der Waals surface area contributed by atoms with Gasteiger partial charge in [0.25, 0.3) is 5.91 Å². The van der Waals surface area contributed by atoms with Gasteiger partial charge in [-0.05, 0) is 75.1 Å². The molecular formula is C32H43N4O4P. The molecule has 0 radical (unpaired) electrons. The molecule has 3 heterocycles. The van der Waals surface area contributed by atoms with Crippen molar-refractivity contribution in [2.75, 3.05) is 11.9 Å². The standard InChI is InChI=1S/C32H43N4O4P/c1-7-12-32(38,19-31(6)26-25(18-39-31)40-30(4,5)41-26)21-8-9-24(36-28(37)27-34-17-22(16-33)35-27)23(15-21)20-10-13-29(2,3)14-11-20/h8-10,15,17,25-26,38,41H,7,11-14,18-19H2,1-6H3,(H,34,35)(H,36,37)/t25-,26-,31+,32-/m1/s1. The largest absolute Gasteiger partial charge is 0.385 e. The molecular weight excluding hydrogens is 535 g/mol. The number of imidazole rings is 1. The van der Waals surface area contributed by atoms with Gasteiger partial charge in [0.2, 0.25) is 0 Å². The number of carbonyl (C=O) groups excluding carboxylic acids is 1. The first-order valence-electron chi connectivity index (χ1n) is 14.7. The zero-order valence-electron chi connectivity index (χ0n) is 25.1. The Kier molecular flexibility index (Phi) is 7.98. The summed E-state index contributed by atoms with van der Waals surface area (Å²) in [5.41, 5.74) is 2.58. The number of fused-ring (bicyclic) bond motifs is 1. The number of nitrogens with one attached hydrogen (secondary N) is 2. The predicted octanol–water partition coefficient (Wildman–Crippen LogP) is 6.48. The van der Waals surface area contributed by atoms with Gasteiger partial charge in [0.1, 0.15) is 6.07 Å². The minimum atomic E-state index is -1.11. The number of nitriles is 1. The minimum Gasteiger partial charge on any atom is -0.385 e. The topological polar surface area (TPSA) is 120 Å². The first kappa shape index (κ1) is 29.9. The number of hydrogen-bond donors (Lipinski definition) is 3. The molecule has 1 aliphatic carbocycles. The molecule has 5 atom stereocenters. The van der Waals surface area contributed by atoms with E-state index in [1.165, 1.54) is 6.20 Å². The summed E-state index contributed by atoms with van der Waals surface area (Å²) in [5.74, 6) is -0.329. The van der Waals surface area contributed by atoms with Gasteiger partial charge in [-0.15, -0.1) is 0 Å². The van der Waals surface area contributed by atoms with Crippen molar-refractivity contribution in [2.45, 2.75) is 108 Å². The first-order chi connectivity index (χ1) is 19.3. The van der Waals surface area contributed by atoms with Crippen molar-refractivity contribution >= 4 is 25.7 Å². The van der Waals surface area contributed by atoms with Crippen LogP contribution in [0, 0.1) is 16.7 Å². The van der Waals surface area contributed by atoms with Crippen LogP contribution >= 0.6 is 8.58 Å². The van der Waals surface area contributed by atoms with Crippen molar-refractivity contribution in [1.82, 2.24) is 9.97 Å². The third-order valence-corrected chi connectivity index (χ3v) is 11.0. The van der Waals surface area contributed by atoms with Gasteiger partial charge < -0.3 is 24.9 Å². The van der Waals surface area contributed by atoms with E-state index in [-0.39, 0.29) is 34.0 Å². The van der Waals surface area contributed by atoms with Crippen LogP contribution in [0.15, 0.2) is 30.5 Å². The fourth-order valence-electron chi connectivity index (χ4n) is 6.68. The molecule has 1 amide bonds. The molecule has 2 fully saturated rings. The van der Waals surface area contributed by atoms with E-state index in [0.717, 1.165) is 42.4 Å². The number of aromatic nitrogens is 2. The molecule has 220 valence electrons. The molecule has 2 saturated heterocycles. The highest BCUT2D eigenvalue weighted by molar-refractivity contribution is 7.41. The van der Waals surface area contributed by atoms with E-state index < -0.39 is 17.1 Å². The third-order valence-electron chi connectivity index (χ3n) is 8.89. The average molecular weight is 579 g/mol. The number of ether oxygens (including phenoxy) is 2. The predicted molar refractivity (Wildman–Crippen MR) is 162 cm³/mol. The maximum Gasteiger partial charge on any atom is 0.291 e. The van der Waals surface area contributed by atoms with Crippen molar-refractivity contribution in [1.29, 1.82) is 5.26 Å². The lowest BCUT2D eigenvalue weighted by Crippen LogP contribution is -2.43. The molecule has 8 nitrogen and oxygen atoms in total. The van der Waals surface area contributed by atoms with Crippen molar-refractivity contribution in [2.24, 2.45) is 5.41 Å². The summed E-state index contributed by atoms with van der Waals surface area (Å²) >= 11 is 0. The number of aromatic amines is 1. The second-order valence-electron chi connectivity index (χ2n) is 13.4. The van der Waals surface area contributed by atoms with Gasteiger partial charge in [-0.25, -0.2) is 4.98 Å². The highest BCUT2D eigenvalue weighted by Gasteiger charge is 2.57. The Morgan fingerprint density at radius 3 is 2.76 bits per heavy atom. The number of amides is 1. The first-order valence-corrected chi connectivity index (χ1v) is 15.8. The van der Waals surface area contributed by atoms with Crippen LogP contribution in [0.5, 0.6) is 0 Å². The quantitative estimate of drug-likeness (QED) is 0.309. The maximum absolute atomic E-state index is 13.1. The lowest BCUT2D eigenvalue weighted by atomic mass is 9.75. The Morgan fingerprint density at radius 1 is 1.32 bits per heavy atom. The van der Waals surface area contributed by atoms with E-state index in [0.29, 0.717) is 33.7 Å². The van der Waals surface area contributed by atoms with Gasteiger partial charge in [-0.3, -0.25) is 4.79 Å². The lowest BCUT2D eigenvalue weighted by molar-refractivity contribution is -0.0776. The Hall–Kier alpha value is -2.56. The van der Waals surface area contributed by atoms with E-state index >= 15 is 0 Å². The molecule has 3 aliphatic rings. The number of nitrogens with zero attached hydrogens (tertiary/aromatic N) is 2. The van der Waals surface area contributed by atoms with Crippen molar-refractivity contribution in [3.8, 4) is 6.07 Å². The SMILES string of the molecule is CCC[C@@](O)(C[C@]1(C)OC[C@H]2OC(C)(C)P[C@H]21)c1ccc(NC(=O)c2nc(C#N)c[nH]2)c(C2=CCC(C)(C)CC2)c1. The smallest absolute Gasteiger partial charge is 0.291 e. The number of carbonyl (C=O) groups is 1. The van der Waals surface area contributed by atoms with E-state index in [4.69, 9.17) is 14.7 Å². The molecule has 9 heteroatoms. The number of allylic oxidation sites excluding steroid dienone is 2. The van der Waals surface area contributed by atoms with E-state index in [1.54, 1.807) is 0 Å². The number of anilines is 1. The van der Waals surface area contributed by atoms with Crippen molar-refractivity contribution < 1.29 is 19.4 Å². The normalized spacial score (nSPS) is 28.5. The van der Waals surface area contributed by atoms with Crippen LogP contribution in [0.4, 0.5) is 5.69 Å². The number of H-pyrrole nitrogens is 1. The summed E-state index contributed by atoms with van der Waals surface area (Å²) in [6.45, 7) is 13.6. The Balaban J connectivity index is 1.50. The number of benzene rings is 1. The second kappa shape index (κ2) is 10.9. The molecule has 2 aliphatic heterocycles. The van der Waals surface area contributed by atoms with Crippen molar-refractivity contribution in [3.63, 3.8) is 0 Å². The minimum absolute atomic E-state index is 0.0613. The Labute approximate surface area is 245 Å². The van der Waals surface area contributed by atoms with Crippen LogP contribution in [0.1, 0.15) is 108 Å². The Bertz CT molecular complexity index is 1390. The maximum atomic E-state index is 13.1. The second-order valence-corrected chi connectivity index (χ2v) is 15.5. The summed E-state index contributed by atoms with van der Waals surface area (Å²) in [4.78, 5) is 19.9. The molecule has 2 aromatic rings. The highest BCUT2D eigenvalue weighted by atomic mass is 31.1. The van der Waals surface area contributed by atoms with Crippen LogP contribution in [0.2, 0.25) is 0 Å². The van der Waals surface area contributed by atoms with Crippen LogP contribution in [-0.4, -0.2) is 50.3 Å². The van der Waals surface area contributed by atoms with E-state index in [9.17, 15) is 9.90 Å². The van der Waals surface area contributed by atoms with Gasteiger partial charge in [-0.1, -0.05) is 47.9 Å². The molecule has 0 saturated carbocycles. The summed E-state index contributed by atoms with van der Waals surface area (Å²) < 4.78 is 12.7. The molecule has 0 bridgehead atoms. The molecule has 3 N–H and O–H groups in total. The molecule has 1 unspecified atom stereocenters. The lowest BCUT2D eigenvalue weighted by Gasteiger charge is -2.39. The van der Waals surface area contributed by atoms with Gasteiger partial charge in [-0.2, -0.15) is 5.26 Å². The van der Waals surface area contributed by atoms with E-state index in [2.05, 4.69) is 69.0 Å². The number of rotatable bonds is 8. The van der Waals surface area contributed by atoms with Gasteiger partial charge >= 0.3 is 0 Å². The zero-order chi connectivity index (χ0) is 29.6. The van der Waals surface area contributed by atoms with Crippen molar-refractivity contribution in [3.05, 3.63) is 53.1 Å². The molecule has 5 rings (SSSR count). The summed E-state index contributed by atoms with van der Waals surface area (Å²) in [6.07, 6.45) is 8.48. The highest BCUT2D eigenvalue weighted by Crippen LogP contribution is 2.57. The molecule has 1 aromatic carbocycles. The van der Waals surface area contributed by atoms with Gasteiger partial charge in [0.05, 0.1) is 29.3 Å². The zero-order valence-corrected chi connectivity index (χ0v) is 26.1. The average Bonchev–Trinajstić information content (AvgIpc) is 3.59. The number of hydrogen-bond acceptors (Lipinski definition) is 6. The molecule has 1 aromatic heterocycles. The number of aliphatic hydroxyl groups is 1. The van der Waals surface area contributed by atoms with E-state index in [1.807, 2.05) is 18.2 Å². The van der Waals surface area contributed by atoms with Crippen LogP contribution in [0.25, 0.3) is 5.57 Å². The fraction of sp³-hybridized carbons (Fsp3) is 0.594. The summed E-state index contributed by atoms with van der Waals surface area (Å²) in [7, 11) is 0.601. The van der Waals surface area contributed by atoms with Crippen LogP contribution in [0.3, 0.4) is 0 Å². The van der Waals surface area contributed by atoms with Crippen LogP contribution in [-0.2, 0) is 15.1 Å². The van der Waals surface area contributed by atoms with Gasteiger partial charge in [0, 0.05) is 29.5 Å². The monoisotopic (exact) mass is 578 g/mol. The Morgan fingerprint density at radius 2 is 2.10 bits per heavy atom.